The van der Waals surface area contributed by atoms with Gasteiger partial charge < -0.3 is 4.74 Å². The smallest absolute Gasteiger partial charge is 0.429 e. The lowest BCUT2D eigenvalue weighted by Gasteiger charge is -2.21. The van der Waals surface area contributed by atoms with Crippen molar-refractivity contribution in [3.63, 3.8) is 0 Å². The van der Waals surface area contributed by atoms with Crippen LogP contribution in [0.15, 0.2) is 78.9 Å². The van der Waals surface area contributed by atoms with E-state index in [0.717, 1.165) is 49.4 Å². The van der Waals surface area contributed by atoms with E-state index in [1.54, 1.807) is 12.1 Å². The summed E-state index contributed by atoms with van der Waals surface area (Å²) in [6.45, 7) is 2.08. The standard InChI is InChI=1S/C36H24F10O/c1-2-3-4-5-19-6-8-20(9-7-19)22-13-27(39)34(28(40)14-22)23-15-31(43)35(32(44)16-23)36(45,46)47-24-17-29(41)33(30(42)18-24)21-10-11-25(37)26(38)12-21/h6-18H,2-5H2,1H3. The highest BCUT2D eigenvalue weighted by molar-refractivity contribution is 5.72. The molecule has 0 bridgehead atoms. The lowest BCUT2D eigenvalue weighted by atomic mass is 9.96. The van der Waals surface area contributed by atoms with Crippen molar-refractivity contribution >= 4 is 0 Å². The first-order chi connectivity index (χ1) is 22.3. The van der Waals surface area contributed by atoms with Crippen LogP contribution < -0.4 is 4.74 Å². The second-order valence-electron chi connectivity index (χ2n) is 10.8. The van der Waals surface area contributed by atoms with Gasteiger partial charge in [-0.25, -0.2) is 35.1 Å². The van der Waals surface area contributed by atoms with Crippen molar-refractivity contribution in [2.24, 2.45) is 0 Å². The number of rotatable bonds is 10. The number of hydrogen-bond acceptors (Lipinski definition) is 1. The van der Waals surface area contributed by atoms with Crippen molar-refractivity contribution in [1.29, 1.82) is 0 Å². The lowest BCUT2D eigenvalue weighted by molar-refractivity contribution is -0.189. The summed E-state index contributed by atoms with van der Waals surface area (Å²) in [6.07, 6.45) is -0.932. The van der Waals surface area contributed by atoms with Crippen molar-refractivity contribution in [2.45, 2.75) is 38.7 Å². The van der Waals surface area contributed by atoms with Crippen LogP contribution in [0, 0.1) is 46.5 Å². The molecule has 0 saturated heterocycles. The molecular weight excluding hydrogens is 638 g/mol. The van der Waals surface area contributed by atoms with Gasteiger partial charge in [-0.2, -0.15) is 8.78 Å². The van der Waals surface area contributed by atoms with E-state index in [1.807, 2.05) is 12.1 Å². The van der Waals surface area contributed by atoms with E-state index in [4.69, 9.17) is 0 Å². The molecule has 0 aliphatic heterocycles. The Morgan fingerprint density at radius 2 is 0.979 bits per heavy atom. The SMILES string of the molecule is CCCCCc1ccc(-c2cc(F)c(-c3cc(F)c(C(F)(F)Oc4cc(F)c(-c5ccc(F)c(F)c5)c(F)c4)c(F)c3)c(F)c2)cc1. The van der Waals surface area contributed by atoms with Crippen LogP contribution in [0.4, 0.5) is 43.9 Å². The Bertz CT molecular complexity index is 1870. The maximum atomic E-state index is 15.2. The predicted octanol–water partition coefficient (Wildman–Crippen LogP) is 11.7. The molecule has 1 nitrogen and oxygen atoms in total. The molecule has 47 heavy (non-hydrogen) atoms. The Morgan fingerprint density at radius 1 is 0.489 bits per heavy atom. The zero-order valence-electron chi connectivity index (χ0n) is 24.5. The van der Waals surface area contributed by atoms with Gasteiger partial charge in [0.25, 0.3) is 0 Å². The Hall–Kier alpha value is -4.80. The minimum atomic E-state index is -4.88. The summed E-state index contributed by atoms with van der Waals surface area (Å²) in [5, 5.41) is 0. The molecule has 0 unspecified atom stereocenters. The van der Waals surface area contributed by atoms with Crippen LogP contribution in [0.25, 0.3) is 33.4 Å². The zero-order chi connectivity index (χ0) is 34.0. The second-order valence-corrected chi connectivity index (χ2v) is 10.8. The van der Waals surface area contributed by atoms with Gasteiger partial charge in [-0.15, -0.1) is 0 Å². The Morgan fingerprint density at radius 3 is 1.53 bits per heavy atom. The van der Waals surface area contributed by atoms with Gasteiger partial charge in [0.15, 0.2) is 11.6 Å². The number of halogens is 10. The van der Waals surface area contributed by atoms with E-state index in [2.05, 4.69) is 11.7 Å². The van der Waals surface area contributed by atoms with E-state index in [-0.39, 0.29) is 29.8 Å². The van der Waals surface area contributed by atoms with Crippen molar-refractivity contribution in [1.82, 2.24) is 0 Å². The maximum absolute atomic E-state index is 15.2. The normalized spacial score (nSPS) is 11.6. The van der Waals surface area contributed by atoms with Crippen LogP contribution in [-0.4, -0.2) is 0 Å². The molecule has 5 aromatic rings. The summed E-state index contributed by atoms with van der Waals surface area (Å²) in [7, 11) is 0. The van der Waals surface area contributed by atoms with Crippen LogP contribution >= 0.6 is 0 Å². The zero-order valence-corrected chi connectivity index (χ0v) is 24.5. The largest absolute Gasteiger partial charge is 0.432 e. The first-order valence-corrected chi connectivity index (χ1v) is 14.4. The summed E-state index contributed by atoms with van der Waals surface area (Å²) in [5.74, 6) is -13.4. The van der Waals surface area contributed by atoms with Crippen LogP contribution in [0.2, 0.25) is 0 Å². The van der Waals surface area contributed by atoms with Crippen LogP contribution in [-0.2, 0) is 12.5 Å². The van der Waals surface area contributed by atoms with Gasteiger partial charge >= 0.3 is 6.11 Å². The summed E-state index contributed by atoms with van der Waals surface area (Å²) in [5.41, 5.74) is -3.33. The van der Waals surface area contributed by atoms with E-state index in [1.165, 1.54) is 0 Å². The van der Waals surface area contributed by atoms with Crippen molar-refractivity contribution < 1.29 is 48.6 Å². The molecule has 5 aromatic carbocycles. The second kappa shape index (κ2) is 13.5. The quantitative estimate of drug-likeness (QED) is 0.107. The van der Waals surface area contributed by atoms with Crippen LogP contribution in [0.3, 0.4) is 0 Å². The van der Waals surface area contributed by atoms with E-state index in [0.29, 0.717) is 17.7 Å². The molecule has 0 aromatic heterocycles. The molecule has 0 spiro atoms. The van der Waals surface area contributed by atoms with Gasteiger partial charge in [-0.05, 0) is 77.1 Å². The minimum absolute atomic E-state index is 0.136. The van der Waals surface area contributed by atoms with Gasteiger partial charge in [0.05, 0.1) is 11.1 Å². The fraction of sp³-hybridized carbons (Fsp3) is 0.167. The average Bonchev–Trinajstić information content (AvgIpc) is 2.98. The number of benzene rings is 5. The molecule has 0 saturated carbocycles. The average molecular weight is 663 g/mol. The van der Waals surface area contributed by atoms with Crippen molar-refractivity contribution in [3.05, 3.63) is 137 Å². The first kappa shape index (κ1) is 33.6. The van der Waals surface area contributed by atoms with Gasteiger partial charge in [0, 0.05) is 12.1 Å². The molecule has 0 fully saturated rings. The molecule has 244 valence electrons. The first-order valence-electron chi connectivity index (χ1n) is 14.4. The monoisotopic (exact) mass is 662 g/mol. The Balaban J connectivity index is 1.41. The molecule has 5 rings (SSSR count). The molecule has 0 aliphatic carbocycles. The lowest BCUT2D eigenvalue weighted by Crippen LogP contribution is -2.25. The highest BCUT2D eigenvalue weighted by Crippen LogP contribution is 2.40. The summed E-state index contributed by atoms with van der Waals surface area (Å²) in [6, 6.07) is 11.9. The van der Waals surface area contributed by atoms with E-state index >= 15 is 26.3 Å². The topological polar surface area (TPSA) is 9.23 Å². The summed E-state index contributed by atoms with van der Waals surface area (Å²) in [4.78, 5) is 0. The van der Waals surface area contributed by atoms with Crippen molar-refractivity contribution in [3.8, 4) is 39.1 Å². The third-order valence-corrected chi connectivity index (χ3v) is 7.49. The highest BCUT2D eigenvalue weighted by atomic mass is 19.3. The molecule has 0 aliphatic rings. The van der Waals surface area contributed by atoms with E-state index in [9.17, 15) is 17.6 Å². The minimum Gasteiger partial charge on any atom is -0.429 e. The molecule has 0 atom stereocenters. The van der Waals surface area contributed by atoms with E-state index < -0.39 is 86.2 Å². The number of aryl methyl sites for hydroxylation is 1. The number of alkyl halides is 2. The summed E-state index contributed by atoms with van der Waals surface area (Å²) >= 11 is 0. The Labute approximate surface area is 263 Å². The molecule has 0 amide bonds. The third kappa shape index (κ3) is 7.13. The van der Waals surface area contributed by atoms with Crippen LogP contribution in [0.1, 0.15) is 37.3 Å². The highest BCUT2D eigenvalue weighted by Gasteiger charge is 2.42. The fourth-order valence-electron chi connectivity index (χ4n) is 5.19. The Kier molecular flexibility index (Phi) is 9.65. The molecule has 0 radical (unpaired) electrons. The maximum Gasteiger partial charge on any atom is 0.432 e. The number of unbranched alkanes of at least 4 members (excludes halogenated alkanes) is 2. The molecule has 0 N–H and O–H groups in total. The third-order valence-electron chi connectivity index (χ3n) is 7.49. The molecule has 0 heterocycles. The van der Waals surface area contributed by atoms with Gasteiger partial charge in [-0.3, -0.25) is 0 Å². The van der Waals surface area contributed by atoms with Gasteiger partial charge in [0.2, 0.25) is 0 Å². The predicted molar refractivity (Wildman–Crippen MR) is 157 cm³/mol. The fourth-order valence-corrected chi connectivity index (χ4v) is 5.19. The molecular formula is C36H24F10O. The molecule has 11 heteroatoms. The van der Waals surface area contributed by atoms with Crippen LogP contribution in [0.5, 0.6) is 5.75 Å². The van der Waals surface area contributed by atoms with Gasteiger partial charge in [0.1, 0.15) is 46.2 Å². The summed E-state index contributed by atoms with van der Waals surface area (Å²) < 4.78 is 151. The van der Waals surface area contributed by atoms with Crippen molar-refractivity contribution in [2.75, 3.05) is 0 Å². The number of hydrogen-bond donors (Lipinski definition) is 0. The number of ether oxygens (including phenoxy) is 1. The van der Waals surface area contributed by atoms with Gasteiger partial charge in [-0.1, -0.05) is 50.1 Å².